The molecule has 0 radical (unpaired) electrons. The summed E-state index contributed by atoms with van der Waals surface area (Å²) in [5.74, 6) is -1.87. The van der Waals surface area contributed by atoms with E-state index in [0.717, 1.165) is 55.7 Å². The van der Waals surface area contributed by atoms with E-state index in [0.29, 0.717) is 35.8 Å². The lowest BCUT2D eigenvalue weighted by Gasteiger charge is -2.29. The van der Waals surface area contributed by atoms with Gasteiger partial charge >= 0.3 is 6.09 Å². The summed E-state index contributed by atoms with van der Waals surface area (Å²) in [6, 6.07) is 13.0. The first-order valence-corrected chi connectivity index (χ1v) is 17.9. The summed E-state index contributed by atoms with van der Waals surface area (Å²) in [6.45, 7) is 0.0179. The molecule has 4 aliphatic rings. The van der Waals surface area contributed by atoms with E-state index < -0.39 is 47.5 Å². The molecule has 2 aromatic carbocycles. The number of hydrogen-bond acceptors (Lipinski definition) is 9. The van der Waals surface area contributed by atoms with E-state index >= 15 is 0 Å². The molecule has 3 aromatic rings. The van der Waals surface area contributed by atoms with Gasteiger partial charge in [-0.05, 0) is 75.6 Å². The van der Waals surface area contributed by atoms with Crippen molar-refractivity contribution in [1.29, 1.82) is 5.26 Å². The molecule has 266 valence electrons. The Morgan fingerprint density at radius 1 is 0.961 bits per heavy atom. The van der Waals surface area contributed by atoms with Crippen LogP contribution in [0.1, 0.15) is 70.6 Å². The van der Waals surface area contributed by atoms with Gasteiger partial charge < -0.3 is 29.5 Å². The summed E-state index contributed by atoms with van der Waals surface area (Å²) >= 11 is 0. The maximum atomic E-state index is 14.4. The molecule has 5 atom stereocenters. The summed E-state index contributed by atoms with van der Waals surface area (Å²) in [5.41, 5.74) is -0.0607. The SMILES string of the molecule is N#CNC(=O)[C@@]12CC1/C=C/CCCCC[C@@H](NC(=O)OC1CCCC1)C(=O)N1C[C@H](ON=c3c4ccccc4oc4ccccc34)C[C@H]1C(=O)N2. The number of fused-ring (bicyclic) bond motifs is 4. The van der Waals surface area contributed by atoms with Crippen molar-refractivity contribution >= 4 is 45.8 Å². The van der Waals surface area contributed by atoms with Crippen LogP contribution >= 0.6 is 0 Å². The van der Waals surface area contributed by atoms with E-state index in [-0.39, 0.29) is 25.0 Å². The van der Waals surface area contributed by atoms with Gasteiger partial charge in [-0.2, -0.15) is 5.26 Å². The van der Waals surface area contributed by atoms with Crippen molar-refractivity contribution in [1.82, 2.24) is 20.9 Å². The van der Waals surface area contributed by atoms with E-state index in [1.165, 1.54) is 4.90 Å². The number of amides is 4. The van der Waals surface area contributed by atoms with Crippen molar-refractivity contribution in [3.05, 3.63) is 66.0 Å². The van der Waals surface area contributed by atoms with Gasteiger partial charge in [0.05, 0.1) is 6.54 Å². The average molecular weight is 695 g/mol. The van der Waals surface area contributed by atoms with E-state index in [9.17, 15) is 24.4 Å². The van der Waals surface area contributed by atoms with Crippen molar-refractivity contribution in [2.24, 2.45) is 11.1 Å². The molecule has 13 nitrogen and oxygen atoms in total. The van der Waals surface area contributed by atoms with Crippen LogP contribution < -0.4 is 21.3 Å². The molecular weight excluding hydrogens is 652 g/mol. The Bertz CT molecular complexity index is 1910. The molecule has 0 bridgehead atoms. The molecule has 3 heterocycles. The highest BCUT2D eigenvalue weighted by Crippen LogP contribution is 2.45. The Morgan fingerprint density at radius 3 is 2.39 bits per heavy atom. The number of allylic oxidation sites excluding steroid dienone is 1. The van der Waals surface area contributed by atoms with Gasteiger partial charge in [0.2, 0.25) is 11.8 Å². The smallest absolute Gasteiger partial charge is 0.408 e. The molecule has 1 aromatic heterocycles. The van der Waals surface area contributed by atoms with Gasteiger partial charge in [0.15, 0.2) is 6.19 Å². The van der Waals surface area contributed by atoms with Crippen molar-refractivity contribution in [2.45, 2.75) is 100 Å². The van der Waals surface area contributed by atoms with Crippen molar-refractivity contribution in [3.8, 4) is 6.19 Å². The van der Waals surface area contributed by atoms with Gasteiger partial charge in [-0.25, -0.2) is 4.79 Å². The molecule has 7 rings (SSSR count). The number of alkyl carbamates (subject to hydrolysis) is 1. The van der Waals surface area contributed by atoms with E-state index in [4.69, 9.17) is 14.0 Å². The molecule has 13 heteroatoms. The van der Waals surface area contributed by atoms with E-state index in [1.54, 1.807) is 6.19 Å². The highest BCUT2D eigenvalue weighted by Gasteiger charge is 2.61. The molecule has 3 N–H and O–H groups in total. The number of ether oxygens (including phenoxy) is 1. The fourth-order valence-electron chi connectivity index (χ4n) is 7.64. The second-order valence-electron chi connectivity index (χ2n) is 13.9. The van der Waals surface area contributed by atoms with Crippen LogP contribution in [0.5, 0.6) is 0 Å². The summed E-state index contributed by atoms with van der Waals surface area (Å²) < 4.78 is 11.7. The number of para-hydroxylation sites is 2. The number of hydrogen-bond donors (Lipinski definition) is 3. The molecule has 1 unspecified atom stereocenters. The summed E-state index contributed by atoms with van der Waals surface area (Å²) in [4.78, 5) is 62.3. The van der Waals surface area contributed by atoms with Crippen molar-refractivity contribution < 1.29 is 33.2 Å². The predicted molar refractivity (Wildman–Crippen MR) is 185 cm³/mol. The standard InChI is InChI=1S/C38H42N6O7/c39-23-40-36(47)38-21-24(38)12-4-2-1-3-5-17-29(41-37(48)49-25-13-6-7-14-25)35(46)44-22-26(20-30(44)34(45)42-38)51-43-33-27-15-8-10-18-31(27)50-32-19-11-9-16-28(32)33/h4,8-12,15-16,18-19,24-26,29-30H,1-3,5-7,13-14,17,20-22H2,(H,40,47)(H,41,48)(H,42,45)/b12-4+/t24?,26-,29-,30+,38-/m1/s1. The number of rotatable bonds is 5. The number of nitrogens with zero attached hydrogens (tertiary/aromatic N) is 3. The van der Waals surface area contributed by atoms with Crippen LogP contribution in [0.3, 0.4) is 0 Å². The third-order valence-electron chi connectivity index (χ3n) is 10.5. The minimum absolute atomic E-state index is 0.0179. The average Bonchev–Trinajstić information content (AvgIpc) is 3.41. The van der Waals surface area contributed by atoms with Crippen LogP contribution in [0, 0.1) is 17.4 Å². The maximum absolute atomic E-state index is 14.4. The monoisotopic (exact) mass is 694 g/mol. The molecule has 2 saturated carbocycles. The Kier molecular flexibility index (Phi) is 9.92. The quantitative estimate of drug-likeness (QED) is 0.116. The number of carbonyl (C=O) groups excluding carboxylic acids is 4. The van der Waals surface area contributed by atoms with Gasteiger partial charge in [0.1, 0.15) is 46.4 Å². The minimum atomic E-state index is -1.31. The fourth-order valence-corrected chi connectivity index (χ4v) is 7.64. The lowest BCUT2D eigenvalue weighted by Crippen LogP contribution is -2.57. The fraction of sp³-hybridized carbons (Fsp3) is 0.474. The zero-order chi connectivity index (χ0) is 35.4. The van der Waals surface area contributed by atoms with Crippen LogP contribution in [-0.4, -0.2) is 65.1 Å². The molecular formula is C38H42N6O7. The zero-order valence-electron chi connectivity index (χ0n) is 28.3. The second kappa shape index (κ2) is 14.8. The molecule has 0 spiro atoms. The lowest BCUT2D eigenvalue weighted by atomic mass is 10.0. The third-order valence-corrected chi connectivity index (χ3v) is 10.5. The van der Waals surface area contributed by atoms with Gasteiger partial charge in [-0.3, -0.25) is 19.7 Å². The minimum Gasteiger partial charge on any atom is -0.456 e. The first-order valence-electron chi connectivity index (χ1n) is 17.9. The first-order chi connectivity index (χ1) is 24.9. The number of nitriles is 1. The lowest BCUT2D eigenvalue weighted by molar-refractivity contribution is -0.141. The molecule has 2 aliphatic carbocycles. The van der Waals surface area contributed by atoms with Gasteiger partial charge in [-0.1, -0.05) is 54.4 Å². The first kappa shape index (κ1) is 34.1. The Balaban J connectivity index is 1.20. The maximum Gasteiger partial charge on any atom is 0.408 e. The van der Waals surface area contributed by atoms with E-state index in [1.807, 2.05) is 60.7 Å². The third kappa shape index (κ3) is 7.27. The Labute approximate surface area is 295 Å². The largest absolute Gasteiger partial charge is 0.456 e. The number of benzene rings is 2. The van der Waals surface area contributed by atoms with E-state index in [2.05, 4.69) is 21.1 Å². The van der Waals surface area contributed by atoms with Crippen LogP contribution in [-0.2, 0) is 24.0 Å². The molecule has 1 saturated heterocycles. The molecule has 51 heavy (non-hydrogen) atoms. The number of carbonyl (C=O) groups is 4. The van der Waals surface area contributed by atoms with Crippen LogP contribution in [0.15, 0.2) is 70.3 Å². The summed E-state index contributed by atoms with van der Waals surface area (Å²) in [5, 5.41) is 23.8. The second-order valence-corrected chi connectivity index (χ2v) is 13.9. The van der Waals surface area contributed by atoms with Gasteiger partial charge in [-0.15, -0.1) is 0 Å². The normalized spacial score (nSPS) is 27.5. The van der Waals surface area contributed by atoms with Crippen LogP contribution in [0.25, 0.3) is 21.9 Å². The van der Waals surface area contributed by atoms with Gasteiger partial charge in [0.25, 0.3) is 5.91 Å². The predicted octanol–water partition coefficient (Wildman–Crippen LogP) is 4.42. The van der Waals surface area contributed by atoms with Crippen LogP contribution in [0.2, 0.25) is 0 Å². The van der Waals surface area contributed by atoms with Crippen LogP contribution in [0.4, 0.5) is 4.79 Å². The van der Waals surface area contributed by atoms with Crippen molar-refractivity contribution in [3.63, 3.8) is 0 Å². The molecule has 3 fully saturated rings. The Hall–Kier alpha value is -5.38. The van der Waals surface area contributed by atoms with Crippen molar-refractivity contribution in [2.75, 3.05) is 6.54 Å². The topological polar surface area (TPSA) is 175 Å². The summed E-state index contributed by atoms with van der Waals surface area (Å²) in [6.07, 6.45) is 11.5. The highest BCUT2D eigenvalue weighted by atomic mass is 16.6. The van der Waals surface area contributed by atoms with Gasteiger partial charge in [0, 0.05) is 23.1 Å². The summed E-state index contributed by atoms with van der Waals surface area (Å²) in [7, 11) is 0. The molecule has 2 aliphatic heterocycles. The molecule has 4 amide bonds. The zero-order valence-corrected chi connectivity index (χ0v) is 28.3. The highest BCUT2D eigenvalue weighted by molar-refractivity contribution is 5.99. The number of nitrogens with one attached hydrogen (secondary N) is 3. The Morgan fingerprint density at radius 2 is 1.67 bits per heavy atom.